The van der Waals surface area contributed by atoms with E-state index in [1.54, 1.807) is 12.5 Å². The van der Waals surface area contributed by atoms with Crippen LogP contribution < -0.4 is 4.90 Å². The fraction of sp³-hybridized carbons (Fsp3) is 0.500. The molecule has 5 rings (SSSR count). The Morgan fingerprint density at radius 1 is 1.10 bits per heavy atom. The minimum absolute atomic E-state index is 0.0413. The minimum Gasteiger partial charge on any atom is -0.353 e. The fourth-order valence-electron chi connectivity index (χ4n) is 4.66. The van der Waals surface area contributed by atoms with Gasteiger partial charge in [0.15, 0.2) is 5.78 Å². The van der Waals surface area contributed by atoms with E-state index < -0.39 is 0 Å². The number of ketones is 1. The lowest BCUT2D eigenvalue weighted by atomic mass is 9.94. The molecule has 2 aliphatic carbocycles. The van der Waals surface area contributed by atoms with Gasteiger partial charge in [0.2, 0.25) is 0 Å². The van der Waals surface area contributed by atoms with Crippen LogP contribution in [-0.2, 0) is 6.42 Å². The Balaban J connectivity index is 1.38. The zero-order valence-electron chi connectivity index (χ0n) is 17.6. The molecule has 0 spiro atoms. The number of Topliss-reactive ketones (excluding diaryl/α,β-unsaturated/α-hetero) is 1. The third-order valence-electron chi connectivity index (χ3n) is 6.65. The first-order chi connectivity index (χ1) is 14.7. The molecule has 0 aliphatic heterocycles. The molecule has 6 nitrogen and oxygen atoms in total. The zero-order chi connectivity index (χ0) is 20.5. The number of aryl methyl sites for hydroxylation is 1. The molecule has 156 valence electrons. The first-order valence-corrected chi connectivity index (χ1v) is 11.2. The van der Waals surface area contributed by atoms with Gasteiger partial charge in [-0.25, -0.2) is 9.97 Å². The summed E-state index contributed by atoms with van der Waals surface area (Å²) < 4.78 is 0. The monoisotopic (exact) mass is 403 g/mol. The third kappa shape index (κ3) is 4.09. The summed E-state index contributed by atoms with van der Waals surface area (Å²) in [6.07, 6.45) is 12.7. The number of hydrogen-bond acceptors (Lipinski definition) is 5. The van der Waals surface area contributed by atoms with E-state index in [1.807, 2.05) is 13.0 Å². The standard InChI is InChI=1S/C24H29N5O/c1-16-9-21-19(13-27-28-21)10-18(16)11-23(30)22-12-24(26-15-25-22)29(14-17-7-8-17)20-5-3-2-4-6-20/h9-10,12-13,15,17,20H,2-8,11,14H2,1H3,(H,27,28). The highest BCUT2D eigenvalue weighted by molar-refractivity contribution is 5.97. The molecule has 3 aromatic rings. The molecule has 2 aliphatic rings. The first-order valence-electron chi connectivity index (χ1n) is 11.2. The van der Waals surface area contributed by atoms with Crippen LogP contribution in [0.2, 0.25) is 0 Å². The van der Waals surface area contributed by atoms with Crippen LogP contribution in [0.1, 0.15) is 66.6 Å². The number of aromatic amines is 1. The Morgan fingerprint density at radius 2 is 1.93 bits per heavy atom. The number of carbonyl (C=O) groups excluding carboxylic acids is 1. The van der Waals surface area contributed by atoms with Gasteiger partial charge >= 0.3 is 0 Å². The number of hydrogen-bond donors (Lipinski definition) is 1. The van der Waals surface area contributed by atoms with Crippen molar-refractivity contribution < 1.29 is 4.79 Å². The second-order valence-corrected chi connectivity index (χ2v) is 8.98. The Kier molecular flexibility index (Phi) is 5.23. The Bertz CT molecular complexity index is 1050. The molecule has 2 aromatic heterocycles. The van der Waals surface area contributed by atoms with Gasteiger partial charge in [-0.15, -0.1) is 0 Å². The van der Waals surface area contributed by atoms with Crippen molar-refractivity contribution in [3.05, 3.63) is 47.5 Å². The van der Waals surface area contributed by atoms with Crippen molar-refractivity contribution >= 4 is 22.5 Å². The summed E-state index contributed by atoms with van der Waals surface area (Å²) in [7, 11) is 0. The molecule has 30 heavy (non-hydrogen) atoms. The van der Waals surface area contributed by atoms with Crippen LogP contribution >= 0.6 is 0 Å². The van der Waals surface area contributed by atoms with Crippen LogP contribution in [0.3, 0.4) is 0 Å². The maximum atomic E-state index is 13.1. The predicted molar refractivity (Wildman–Crippen MR) is 118 cm³/mol. The molecular weight excluding hydrogens is 374 g/mol. The topological polar surface area (TPSA) is 74.8 Å². The smallest absolute Gasteiger partial charge is 0.185 e. The Morgan fingerprint density at radius 3 is 2.73 bits per heavy atom. The highest BCUT2D eigenvalue weighted by Gasteiger charge is 2.30. The molecule has 0 saturated heterocycles. The summed E-state index contributed by atoms with van der Waals surface area (Å²) in [5, 5.41) is 8.10. The molecule has 0 radical (unpaired) electrons. The summed E-state index contributed by atoms with van der Waals surface area (Å²) in [6.45, 7) is 3.10. The van der Waals surface area contributed by atoms with Gasteiger partial charge in [0.25, 0.3) is 0 Å². The van der Waals surface area contributed by atoms with E-state index in [2.05, 4.69) is 37.2 Å². The zero-order valence-corrected chi connectivity index (χ0v) is 17.6. The number of aromatic nitrogens is 4. The lowest BCUT2D eigenvalue weighted by Crippen LogP contribution is -2.39. The van der Waals surface area contributed by atoms with Gasteiger partial charge < -0.3 is 4.90 Å². The van der Waals surface area contributed by atoms with Crippen molar-refractivity contribution in [3.63, 3.8) is 0 Å². The number of benzene rings is 1. The van der Waals surface area contributed by atoms with Crippen molar-refractivity contribution in [2.75, 3.05) is 11.4 Å². The fourth-order valence-corrected chi connectivity index (χ4v) is 4.66. The van der Waals surface area contributed by atoms with Crippen LogP contribution in [0.25, 0.3) is 10.9 Å². The van der Waals surface area contributed by atoms with Crippen molar-refractivity contribution in [1.82, 2.24) is 20.2 Å². The van der Waals surface area contributed by atoms with Gasteiger partial charge in [-0.1, -0.05) is 19.3 Å². The summed E-state index contributed by atoms with van der Waals surface area (Å²) in [5.41, 5.74) is 3.63. The number of carbonyl (C=O) groups is 1. The lowest BCUT2D eigenvalue weighted by Gasteiger charge is -2.35. The second-order valence-electron chi connectivity index (χ2n) is 8.98. The largest absolute Gasteiger partial charge is 0.353 e. The SMILES string of the molecule is Cc1cc2[nH]ncc2cc1CC(=O)c1cc(N(CC2CC2)C2CCCCC2)ncn1. The second kappa shape index (κ2) is 8.17. The molecule has 0 unspecified atom stereocenters. The van der Waals surface area contributed by atoms with Crippen LogP contribution in [0.15, 0.2) is 30.7 Å². The van der Waals surface area contributed by atoms with E-state index >= 15 is 0 Å². The molecule has 2 fully saturated rings. The first kappa shape index (κ1) is 19.2. The minimum atomic E-state index is 0.0413. The molecule has 2 heterocycles. The average Bonchev–Trinajstić information content (AvgIpc) is 3.49. The predicted octanol–water partition coefficient (Wildman–Crippen LogP) is 4.64. The highest BCUT2D eigenvalue weighted by Crippen LogP contribution is 2.34. The summed E-state index contributed by atoms with van der Waals surface area (Å²) in [4.78, 5) is 24.5. The van der Waals surface area contributed by atoms with Crippen LogP contribution in [-0.4, -0.2) is 38.5 Å². The van der Waals surface area contributed by atoms with Crippen molar-refractivity contribution in [2.24, 2.45) is 5.92 Å². The van der Waals surface area contributed by atoms with Crippen LogP contribution in [0.4, 0.5) is 5.82 Å². The number of anilines is 1. The molecule has 1 aromatic carbocycles. The molecule has 0 atom stereocenters. The number of nitrogens with zero attached hydrogens (tertiary/aromatic N) is 4. The molecule has 2 saturated carbocycles. The van der Waals surface area contributed by atoms with Crippen molar-refractivity contribution in [3.8, 4) is 0 Å². The van der Waals surface area contributed by atoms with E-state index in [0.717, 1.165) is 40.3 Å². The van der Waals surface area contributed by atoms with E-state index in [1.165, 1.54) is 44.9 Å². The van der Waals surface area contributed by atoms with Gasteiger partial charge in [0.05, 0.1) is 11.7 Å². The Hall–Kier alpha value is -2.76. The number of nitrogens with one attached hydrogen (secondary N) is 1. The van der Waals surface area contributed by atoms with Crippen LogP contribution in [0, 0.1) is 12.8 Å². The highest BCUT2D eigenvalue weighted by atomic mass is 16.1. The van der Waals surface area contributed by atoms with Gasteiger partial charge in [-0.3, -0.25) is 9.89 Å². The quantitative estimate of drug-likeness (QED) is 0.582. The maximum absolute atomic E-state index is 13.1. The normalized spacial score (nSPS) is 17.4. The van der Waals surface area contributed by atoms with Crippen molar-refractivity contribution in [2.45, 2.75) is 64.3 Å². The van der Waals surface area contributed by atoms with Crippen LogP contribution in [0.5, 0.6) is 0 Å². The summed E-state index contributed by atoms with van der Waals surface area (Å²) in [5.74, 6) is 1.75. The number of H-pyrrole nitrogens is 1. The van der Waals surface area contributed by atoms with E-state index in [4.69, 9.17) is 0 Å². The van der Waals surface area contributed by atoms with Crippen molar-refractivity contribution in [1.29, 1.82) is 0 Å². The number of fused-ring (bicyclic) bond motifs is 1. The Labute approximate surface area is 177 Å². The molecule has 1 N–H and O–H groups in total. The molecular formula is C24H29N5O. The molecule has 0 bridgehead atoms. The summed E-state index contributed by atoms with van der Waals surface area (Å²) in [6, 6.07) is 6.57. The van der Waals surface area contributed by atoms with E-state index in [0.29, 0.717) is 18.2 Å². The van der Waals surface area contributed by atoms with Gasteiger partial charge in [0, 0.05) is 30.5 Å². The van der Waals surface area contributed by atoms with E-state index in [-0.39, 0.29) is 5.78 Å². The van der Waals surface area contributed by atoms with Gasteiger partial charge in [-0.05, 0) is 61.8 Å². The maximum Gasteiger partial charge on any atom is 0.185 e. The van der Waals surface area contributed by atoms with E-state index in [9.17, 15) is 4.79 Å². The third-order valence-corrected chi connectivity index (χ3v) is 6.65. The molecule has 6 heteroatoms. The van der Waals surface area contributed by atoms with Gasteiger partial charge in [-0.2, -0.15) is 5.10 Å². The van der Waals surface area contributed by atoms with Gasteiger partial charge in [0.1, 0.15) is 17.8 Å². The molecule has 0 amide bonds. The summed E-state index contributed by atoms with van der Waals surface area (Å²) >= 11 is 0. The average molecular weight is 404 g/mol. The lowest BCUT2D eigenvalue weighted by molar-refractivity contribution is 0.0988. The number of rotatable bonds is 7.